The van der Waals surface area contributed by atoms with E-state index in [0.717, 1.165) is 44.9 Å². The minimum atomic E-state index is -0.750. The lowest BCUT2D eigenvalue weighted by Crippen LogP contribution is -2.47. The highest BCUT2D eigenvalue weighted by Gasteiger charge is 2.44. The van der Waals surface area contributed by atoms with Gasteiger partial charge in [0.25, 0.3) is 5.91 Å². The summed E-state index contributed by atoms with van der Waals surface area (Å²) in [7, 11) is 0. The van der Waals surface area contributed by atoms with Gasteiger partial charge in [-0.05, 0) is 92.8 Å². The summed E-state index contributed by atoms with van der Waals surface area (Å²) in [4.78, 5) is 34.8. The van der Waals surface area contributed by atoms with Gasteiger partial charge in [0.15, 0.2) is 5.11 Å². The van der Waals surface area contributed by atoms with Gasteiger partial charge < -0.3 is 19.9 Å². The van der Waals surface area contributed by atoms with Gasteiger partial charge in [0, 0.05) is 44.1 Å². The fourth-order valence-corrected chi connectivity index (χ4v) is 5.85. The van der Waals surface area contributed by atoms with Crippen molar-refractivity contribution in [3.05, 3.63) is 84.7 Å². The molecule has 0 unspecified atom stereocenters. The molecule has 0 bridgehead atoms. The number of nitrogens with zero attached hydrogens (tertiary/aromatic N) is 4. The van der Waals surface area contributed by atoms with E-state index in [4.69, 9.17) is 17.0 Å². The first-order chi connectivity index (χ1) is 20.4. The van der Waals surface area contributed by atoms with Crippen molar-refractivity contribution in [2.75, 3.05) is 61.0 Å². The van der Waals surface area contributed by atoms with E-state index in [1.807, 2.05) is 17.9 Å². The molecule has 220 valence electrons. The zero-order valence-electron chi connectivity index (χ0n) is 23.7. The standard InChI is InChI=1S/C32H36FN5O3S/c1-2-41-28-15-11-25(12-16-28)34-30(39)23-29-31(40)38(27-13-9-24(33)10-14-27)32(42)37(29)18-6-17-35-19-21-36(22-20-35)26-7-4-3-5-8-26/h3-5,7-16,29H,2,6,17-23H2,1H3,(H,34,39)/t29-/m0/s1. The van der Waals surface area contributed by atoms with E-state index in [2.05, 4.69) is 39.4 Å². The number of nitrogens with one attached hydrogen (secondary N) is 1. The topological polar surface area (TPSA) is 68.4 Å². The maximum Gasteiger partial charge on any atom is 0.256 e. The summed E-state index contributed by atoms with van der Waals surface area (Å²) in [6.45, 7) is 7.67. The molecule has 0 aromatic heterocycles. The largest absolute Gasteiger partial charge is 0.494 e. The molecule has 2 saturated heterocycles. The molecule has 0 radical (unpaired) electrons. The van der Waals surface area contributed by atoms with Crippen LogP contribution in [0.5, 0.6) is 5.75 Å². The summed E-state index contributed by atoms with van der Waals surface area (Å²) >= 11 is 5.76. The van der Waals surface area contributed by atoms with Crippen LogP contribution in [0.1, 0.15) is 19.8 Å². The normalized spacial score (nSPS) is 17.6. The van der Waals surface area contributed by atoms with E-state index in [-0.39, 0.29) is 18.2 Å². The Balaban J connectivity index is 1.22. The number of para-hydroxylation sites is 1. The Morgan fingerprint density at radius 2 is 1.62 bits per heavy atom. The number of carbonyl (C=O) groups is 2. The zero-order valence-corrected chi connectivity index (χ0v) is 24.6. The van der Waals surface area contributed by atoms with Gasteiger partial charge in [-0.3, -0.25) is 19.4 Å². The second-order valence-electron chi connectivity index (χ2n) is 10.4. The number of halogens is 1. The highest BCUT2D eigenvalue weighted by atomic mass is 32.1. The van der Waals surface area contributed by atoms with Gasteiger partial charge in [-0.15, -0.1) is 0 Å². The maximum atomic E-state index is 13.6. The molecule has 10 heteroatoms. The number of carbonyl (C=O) groups excluding carboxylic acids is 2. The van der Waals surface area contributed by atoms with Crippen LogP contribution in [0.15, 0.2) is 78.9 Å². The molecule has 2 fully saturated rings. The molecular weight excluding hydrogens is 553 g/mol. The third kappa shape index (κ3) is 7.06. The molecule has 3 aromatic rings. The molecule has 2 heterocycles. The first-order valence-electron chi connectivity index (χ1n) is 14.4. The van der Waals surface area contributed by atoms with Crippen molar-refractivity contribution in [3.8, 4) is 5.75 Å². The molecule has 8 nitrogen and oxygen atoms in total. The highest BCUT2D eigenvalue weighted by molar-refractivity contribution is 7.80. The molecular formula is C32H36FN5O3S. The van der Waals surface area contributed by atoms with Crippen LogP contribution in [-0.4, -0.2) is 78.6 Å². The number of thiocarbonyl (C=S) groups is 1. The molecule has 2 amide bonds. The molecule has 0 spiro atoms. The molecule has 1 N–H and O–H groups in total. The van der Waals surface area contributed by atoms with Crippen molar-refractivity contribution in [1.82, 2.24) is 9.80 Å². The zero-order chi connectivity index (χ0) is 29.5. The first kappa shape index (κ1) is 29.5. The molecule has 2 aliphatic heterocycles. The minimum absolute atomic E-state index is 0.0559. The van der Waals surface area contributed by atoms with Crippen molar-refractivity contribution in [3.63, 3.8) is 0 Å². The predicted octanol–water partition coefficient (Wildman–Crippen LogP) is 4.77. The number of ether oxygens (including phenoxy) is 1. The molecule has 42 heavy (non-hydrogen) atoms. The summed E-state index contributed by atoms with van der Waals surface area (Å²) in [6.07, 6.45) is 0.729. The van der Waals surface area contributed by atoms with E-state index in [0.29, 0.717) is 29.6 Å². The monoisotopic (exact) mass is 589 g/mol. The number of benzene rings is 3. The quantitative estimate of drug-likeness (QED) is 0.323. The van der Waals surface area contributed by atoms with Crippen molar-refractivity contribution in [1.29, 1.82) is 0 Å². The second kappa shape index (κ2) is 13.8. The van der Waals surface area contributed by atoms with E-state index >= 15 is 0 Å². The highest BCUT2D eigenvalue weighted by Crippen LogP contribution is 2.28. The second-order valence-corrected chi connectivity index (χ2v) is 10.7. The van der Waals surface area contributed by atoms with E-state index in [1.165, 1.54) is 34.9 Å². The van der Waals surface area contributed by atoms with Crippen LogP contribution in [0.25, 0.3) is 0 Å². The molecule has 5 rings (SSSR count). The Kier molecular flexibility index (Phi) is 9.66. The van der Waals surface area contributed by atoms with Gasteiger partial charge in [-0.25, -0.2) is 4.39 Å². The van der Waals surface area contributed by atoms with Crippen LogP contribution in [0.4, 0.5) is 21.5 Å². The fraction of sp³-hybridized carbons (Fsp3) is 0.344. The van der Waals surface area contributed by atoms with Crippen molar-refractivity contribution < 1.29 is 18.7 Å². The van der Waals surface area contributed by atoms with Gasteiger partial charge in [-0.2, -0.15) is 0 Å². The summed E-state index contributed by atoms with van der Waals surface area (Å²) in [5, 5.41) is 3.22. The molecule has 1 atom stereocenters. The van der Waals surface area contributed by atoms with Crippen LogP contribution in [0.3, 0.4) is 0 Å². The van der Waals surface area contributed by atoms with Gasteiger partial charge in [-0.1, -0.05) is 18.2 Å². The summed E-state index contributed by atoms with van der Waals surface area (Å²) in [5.41, 5.74) is 2.35. The number of rotatable bonds is 11. The number of piperazine rings is 1. The summed E-state index contributed by atoms with van der Waals surface area (Å²) in [5.74, 6) is -0.255. The van der Waals surface area contributed by atoms with Crippen LogP contribution in [0, 0.1) is 5.82 Å². The van der Waals surface area contributed by atoms with Crippen LogP contribution < -0.4 is 19.9 Å². The number of hydrogen-bond acceptors (Lipinski definition) is 6. The Labute approximate surface area is 251 Å². The average Bonchev–Trinajstić information content (AvgIpc) is 3.23. The number of anilines is 3. The van der Waals surface area contributed by atoms with Crippen LogP contribution in [-0.2, 0) is 9.59 Å². The minimum Gasteiger partial charge on any atom is -0.494 e. The lowest BCUT2D eigenvalue weighted by molar-refractivity contribution is -0.124. The number of hydrogen-bond donors (Lipinski definition) is 1. The Morgan fingerprint density at radius 3 is 2.29 bits per heavy atom. The third-order valence-corrected chi connectivity index (χ3v) is 8.02. The van der Waals surface area contributed by atoms with E-state index < -0.39 is 11.9 Å². The Bertz CT molecular complexity index is 1370. The predicted molar refractivity (Wildman–Crippen MR) is 168 cm³/mol. The van der Waals surface area contributed by atoms with E-state index in [9.17, 15) is 14.0 Å². The maximum absolute atomic E-state index is 13.6. The van der Waals surface area contributed by atoms with Crippen molar-refractivity contribution >= 4 is 46.2 Å². The average molecular weight is 590 g/mol. The molecule has 3 aromatic carbocycles. The van der Waals surface area contributed by atoms with Gasteiger partial charge in [0.1, 0.15) is 17.6 Å². The Hall–Kier alpha value is -4.02. The van der Waals surface area contributed by atoms with Crippen LogP contribution in [0.2, 0.25) is 0 Å². The third-order valence-electron chi connectivity index (χ3n) is 7.60. The summed E-state index contributed by atoms with van der Waals surface area (Å²) in [6, 6.07) is 22.5. The van der Waals surface area contributed by atoms with Crippen molar-refractivity contribution in [2.24, 2.45) is 0 Å². The lowest BCUT2D eigenvalue weighted by Gasteiger charge is -2.36. The van der Waals surface area contributed by atoms with Gasteiger partial charge in [0.05, 0.1) is 18.7 Å². The molecule has 0 aliphatic carbocycles. The molecule has 0 saturated carbocycles. The first-order valence-corrected chi connectivity index (χ1v) is 14.8. The van der Waals surface area contributed by atoms with Gasteiger partial charge >= 0.3 is 0 Å². The van der Waals surface area contributed by atoms with Crippen LogP contribution >= 0.6 is 12.2 Å². The smallest absolute Gasteiger partial charge is 0.256 e. The van der Waals surface area contributed by atoms with E-state index in [1.54, 1.807) is 24.3 Å². The Morgan fingerprint density at radius 1 is 0.929 bits per heavy atom. The van der Waals surface area contributed by atoms with Gasteiger partial charge in [0.2, 0.25) is 5.91 Å². The molecule has 2 aliphatic rings. The fourth-order valence-electron chi connectivity index (χ4n) is 5.44. The summed E-state index contributed by atoms with van der Waals surface area (Å²) < 4.78 is 19.1. The lowest BCUT2D eigenvalue weighted by atomic mass is 10.1. The number of amides is 2. The SMILES string of the molecule is CCOc1ccc(NC(=O)C[C@H]2C(=O)N(c3ccc(F)cc3)C(=S)N2CCCN2CCN(c3ccccc3)CC2)cc1. The van der Waals surface area contributed by atoms with Crippen molar-refractivity contribution in [2.45, 2.75) is 25.8 Å².